The summed E-state index contributed by atoms with van der Waals surface area (Å²) in [6.45, 7) is 13.4. The molecule has 0 radical (unpaired) electrons. The Hall–Kier alpha value is -1.56. The number of aliphatic hydroxyl groups is 1. The molecule has 224 valence electrons. The van der Waals surface area contributed by atoms with Crippen LogP contribution in [0.1, 0.15) is 110 Å². The number of rotatable bonds is 7. The van der Waals surface area contributed by atoms with Crippen molar-refractivity contribution in [3.8, 4) is 0 Å². The van der Waals surface area contributed by atoms with Gasteiger partial charge < -0.3 is 9.84 Å². The SMILES string of the molecule is CC(C)[C@H](CC[C@@H](C)[C@H]1CC[C@H]2C3[C@@H]4C[C@](O)(C(F)(F)F)CC[C@]3(C)[C@]4(C)CC[C@]12C)OC(=O)c1ccccc1. The van der Waals surface area contributed by atoms with Gasteiger partial charge in [-0.3, -0.25) is 0 Å². The van der Waals surface area contributed by atoms with Crippen molar-refractivity contribution in [2.75, 3.05) is 0 Å². The first-order valence-corrected chi connectivity index (χ1v) is 15.6. The molecular weight excluding hydrogens is 513 g/mol. The van der Waals surface area contributed by atoms with Gasteiger partial charge in [0.15, 0.2) is 5.60 Å². The molecular formula is C34H49F3O3. The number of alkyl halides is 3. The zero-order valence-corrected chi connectivity index (χ0v) is 25.2. The molecule has 4 aliphatic rings. The second-order valence-corrected chi connectivity index (χ2v) is 15.1. The van der Waals surface area contributed by atoms with E-state index in [9.17, 15) is 23.1 Å². The average Bonchev–Trinajstić information content (AvgIpc) is 3.00. The Bertz CT molecular complexity index is 1090. The van der Waals surface area contributed by atoms with E-state index in [4.69, 9.17) is 4.74 Å². The maximum absolute atomic E-state index is 14.0. The highest BCUT2D eigenvalue weighted by molar-refractivity contribution is 5.89. The van der Waals surface area contributed by atoms with Crippen molar-refractivity contribution < 1.29 is 27.8 Å². The van der Waals surface area contributed by atoms with Gasteiger partial charge in [-0.15, -0.1) is 0 Å². The number of carbonyl (C=O) groups is 1. The summed E-state index contributed by atoms with van der Waals surface area (Å²) in [4.78, 5) is 12.8. The number of hydrogen-bond acceptors (Lipinski definition) is 3. The van der Waals surface area contributed by atoms with Gasteiger partial charge in [-0.05, 0) is 122 Å². The van der Waals surface area contributed by atoms with Crippen molar-refractivity contribution in [1.82, 2.24) is 0 Å². The fourth-order valence-corrected chi connectivity index (χ4v) is 10.4. The molecule has 6 heteroatoms. The van der Waals surface area contributed by atoms with Crippen LogP contribution in [0.3, 0.4) is 0 Å². The molecule has 1 aromatic rings. The quantitative estimate of drug-likeness (QED) is 0.338. The molecule has 1 aromatic carbocycles. The van der Waals surface area contributed by atoms with Gasteiger partial charge in [0.2, 0.25) is 0 Å². The second kappa shape index (κ2) is 10.0. The van der Waals surface area contributed by atoms with E-state index in [0.29, 0.717) is 29.7 Å². The van der Waals surface area contributed by atoms with E-state index in [1.54, 1.807) is 12.1 Å². The summed E-state index contributed by atoms with van der Waals surface area (Å²) in [5.74, 6) is 1.46. The first-order chi connectivity index (χ1) is 18.6. The molecule has 0 amide bonds. The van der Waals surface area contributed by atoms with Crippen LogP contribution in [0.25, 0.3) is 0 Å². The summed E-state index contributed by atoms with van der Waals surface area (Å²) in [7, 11) is 0. The summed E-state index contributed by atoms with van der Waals surface area (Å²) in [6.07, 6.45) is 1.37. The smallest absolute Gasteiger partial charge is 0.417 e. The highest BCUT2D eigenvalue weighted by Gasteiger charge is 2.76. The van der Waals surface area contributed by atoms with Crippen molar-refractivity contribution in [2.45, 2.75) is 117 Å². The van der Waals surface area contributed by atoms with Gasteiger partial charge in [0.25, 0.3) is 0 Å². The molecule has 3 nitrogen and oxygen atoms in total. The summed E-state index contributed by atoms with van der Waals surface area (Å²) in [6, 6.07) is 9.15. The van der Waals surface area contributed by atoms with E-state index in [2.05, 4.69) is 41.5 Å². The van der Waals surface area contributed by atoms with Gasteiger partial charge in [0.1, 0.15) is 6.10 Å². The van der Waals surface area contributed by atoms with Gasteiger partial charge in [-0.1, -0.05) is 59.7 Å². The third-order valence-electron chi connectivity index (χ3n) is 13.1. The summed E-state index contributed by atoms with van der Waals surface area (Å²) < 4.78 is 48.1. The van der Waals surface area contributed by atoms with E-state index < -0.39 is 11.8 Å². The first-order valence-electron chi connectivity index (χ1n) is 15.6. The van der Waals surface area contributed by atoms with Crippen LogP contribution in [0, 0.1) is 51.8 Å². The molecule has 0 heterocycles. The summed E-state index contributed by atoms with van der Waals surface area (Å²) in [5.41, 5.74) is -2.19. The van der Waals surface area contributed by atoms with E-state index in [1.165, 1.54) is 0 Å². The third-order valence-corrected chi connectivity index (χ3v) is 13.1. The molecule has 5 rings (SSSR count). The van der Waals surface area contributed by atoms with E-state index in [-0.39, 0.29) is 58.9 Å². The number of hydrogen-bond donors (Lipinski definition) is 1. The molecule has 0 aromatic heterocycles. The van der Waals surface area contributed by atoms with Crippen molar-refractivity contribution in [1.29, 1.82) is 0 Å². The first kappa shape index (κ1) is 29.9. The number of fused-ring (bicyclic) bond motifs is 2. The number of carbonyl (C=O) groups excluding carboxylic acids is 1. The monoisotopic (exact) mass is 562 g/mol. The normalized spacial score (nSPS) is 42.3. The van der Waals surface area contributed by atoms with Gasteiger partial charge in [0, 0.05) is 0 Å². The van der Waals surface area contributed by atoms with E-state index in [1.807, 2.05) is 18.2 Å². The number of ether oxygens (including phenoxy) is 1. The summed E-state index contributed by atoms with van der Waals surface area (Å²) in [5, 5.41) is 10.8. The molecule has 1 N–H and O–H groups in total. The highest BCUT2D eigenvalue weighted by atomic mass is 19.4. The molecule has 4 aliphatic carbocycles. The lowest BCUT2D eigenvalue weighted by Crippen LogP contribution is -2.63. The maximum Gasteiger partial charge on any atom is 0.417 e. The van der Waals surface area contributed by atoms with E-state index >= 15 is 0 Å². The Morgan fingerprint density at radius 3 is 2.23 bits per heavy atom. The molecule has 40 heavy (non-hydrogen) atoms. The molecule has 4 saturated carbocycles. The predicted octanol–water partition coefficient (Wildman–Crippen LogP) is 8.85. The van der Waals surface area contributed by atoms with Crippen molar-refractivity contribution in [3.05, 3.63) is 35.9 Å². The topological polar surface area (TPSA) is 46.5 Å². The molecule has 4 bridgehead atoms. The minimum atomic E-state index is -4.58. The minimum absolute atomic E-state index is 0.0739. The molecule has 0 aliphatic heterocycles. The zero-order chi connectivity index (χ0) is 29.3. The molecule has 10 atom stereocenters. The molecule has 0 spiro atoms. The largest absolute Gasteiger partial charge is 0.459 e. The van der Waals surface area contributed by atoms with Crippen molar-refractivity contribution in [2.24, 2.45) is 51.8 Å². The Labute approximate surface area is 238 Å². The Morgan fingerprint density at radius 1 is 0.950 bits per heavy atom. The van der Waals surface area contributed by atoms with Crippen molar-refractivity contribution in [3.63, 3.8) is 0 Å². The van der Waals surface area contributed by atoms with Crippen LogP contribution < -0.4 is 0 Å². The number of benzene rings is 1. The van der Waals surface area contributed by atoms with E-state index in [0.717, 1.165) is 38.5 Å². The lowest BCUT2D eigenvalue weighted by Gasteiger charge is -2.68. The Balaban J connectivity index is 1.30. The van der Waals surface area contributed by atoms with Crippen LogP contribution in [0.2, 0.25) is 0 Å². The van der Waals surface area contributed by atoms with Gasteiger partial charge >= 0.3 is 12.1 Å². The lowest BCUT2D eigenvalue weighted by atomic mass is 9.36. The van der Waals surface area contributed by atoms with Crippen molar-refractivity contribution >= 4 is 5.97 Å². The van der Waals surface area contributed by atoms with Gasteiger partial charge in [-0.25, -0.2) is 4.79 Å². The fraction of sp³-hybridized carbons (Fsp3) is 0.794. The van der Waals surface area contributed by atoms with Gasteiger partial charge in [-0.2, -0.15) is 13.2 Å². The van der Waals surface area contributed by atoms with Crippen LogP contribution in [-0.4, -0.2) is 29.0 Å². The highest BCUT2D eigenvalue weighted by Crippen LogP contribution is 2.80. The fourth-order valence-electron chi connectivity index (χ4n) is 10.4. The number of esters is 1. The van der Waals surface area contributed by atoms with Gasteiger partial charge in [0.05, 0.1) is 5.56 Å². The van der Waals surface area contributed by atoms with Crippen LogP contribution in [0.5, 0.6) is 0 Å². The Morgan fingerprint density at radius 2 is 1.60 bits per heavy atom. The molecule has 0 saturated heterocycles. The average molecular weight is 563 g/mol. The predicted molar refractivity (Wildman–Crippen MR) is 150 cm³/mol. The zero-order valence-electron chi connectivity index (χ0n) is 25.2. The summed E-state index contributed by atoms with van der Waals surface area (Å²) >= 11 is 0. The molecule has 1 unspecified atom stereocenters. The number of halogens is 3. The van der Waals surface area contributed by atoms with Crippen LogP contribution in [0.15, 0.2) is 30.3 Å². The van der Waals surface area contributed by atoms with Crippen LogP contribution in [-0.2, 0) is 4.74 Å². The maximum atomic E-state index is 14.0. The third kappa shape index (κ3) is 4.45. The Kier molecular flexibility index (Phi) is 7.49. The standard InChI is InChI=1S/C34H49F3O3/c1-21(2)27(40-29(38)23-10-8-7-9-11-23)15-12-22(3)24-13-14-25-28-26-20-33(39,34(35,36)37)19-18-32(28,6)31(26,5)17-16-30(24,25)4/h7-11,21-22,24-28,39H,12-20H2,1-6H3/t22-,24-,25+,26+,27+,28?,30-,31-,32+,33+/m1/s1. The van der Waals surface area contributed by atoms with Crippen LogP contribution >= 0.6 is 0 Å². The molecule has 4 fully saturated rings. The lowest BCUT2D eigenvalue weighted by molar-refractivity contribution is -0.274. The second-order valence-electron chi connectivity index (χ2n) is 15.1. The minimum Gasteiger partial charge on any atom is -0.459 e. The van der Waals surface area contributed by atoms with Crippen LogP contribution in [0.4, 0.5) is 13.2 Å².